The van der Waals surface area contributed by atoms with Crippen molar-refractivity contribution in [1.29, 1.82) is 5.26 Å². The summed E-state index contributed by atoms with van der Waals surface area (Å²) >= 11 is 0. The lowest BCUT2D eigenvalue weighted by molar-refractivity contribution is -0.121. The number of nitrogens with zero attached hydrogens (tertiary/aromatic N) is 4. The summed E-state index contributed by atoms with van der Waals surface area (Å²) in [6.45, 7) is 6.74. The highest BCUT2D eigenvalue weighted by atomic mass is 32.2. The fourth-order valence-corrected chi connectivity index (χ4v) is 8.98. The maximum absolute atomic E-state index is 15.2. The number of likely N-dealkylation sites (tertiary alicyclic amines) is 1. The molecule has 0 bridgehead atoms. The third-order valence-electron chi connectivity index (χ3n) is 9.85. The van der Waals surface area contributed by atoms with Crippen molar-refractivity contribution < 1.29 is 32.2 Å². The Hall–Kier alpha value is -4.87. The Morgan fingerprint density at radius 1 is 1.02 bits per heavy atom. The number of nitrogens with one attached hydrogen (secondary N) is 2. The van der Waals surface area contributed by atoms with Gasteiger partial charge < -0.3 is 29.7 Å². The number of fused-ring (bicyclic) bond motifs is 1. The van der Waals surface area contributed by atoms with E-state index in [1.165, 1.54) is 49.7 Å². The highest BCUT2D eigenvalue weighted by molar-refractivity contribution is 7.93. The smallest absolute Gasteiger partial charge is 0.318 e. The van der Waals surface area contributed by atoms with Crippen LogP contribution in [0.5, 0.6) is 17.4 Å². The number of hydrogen-bond acceptors (Lipinski definition) is 10. The zero-order valence-corrected chi connectivity index (χ0v) is 29.3. The van der Waals surface area contributed by atoms with Crippen LogP contribution in [-0.2, 0) is 20.4 Å². The van der Waals surface area contributed by atoms with Crippen LogP contribution in [0.15, 0.2) is 59.6 Å². The summed E-state index contributed by atoms with van der Waals surface area (Å²) in [6.07, 6.45) is 5.35. The highest BCUT2D eigenvalue weighted by Gasteiger charge is 2.59. The Kier molecular flexibility index (Phi) is 10.2. The van der Waals surface area contributed by atoms with Crippen molar-refractivity contribution in [2.24, 2.45) is 11.8 Å². The molecule has 3 aliphatic rings. The van der Waals surface area contributed by atoms with E-state index in [2.05, 4.69) is 21.7 Å². The van der Waals surface area contributed by atoms with Gasteiger partial charge in [-0.15, -0.1) is 0 Å². The second-order valence-electron chi connectivity index (χ2n) is 12.5. The van der Waals surface area contributed by atoms with Crippen LogP contribution in [0.2, 0.25) is 0 Å². The van der Waals surface area contributed by atoms with E-state index in [0.717, 1.165) is 38.8 Å². The molecule has 2 N–H and O–H groups in total. The van der Waals surface area contributed by atoms with Gasteiger partial charge in [0.25, 0.3) is 15.9 Å². The maximum Gasteiger partial charge on any atom is 0.318 e. The molecule has 50 heavy (non-hydrogen) atoms. The predicted molar refractivity (Wildman–Crippen MR) is 185 cm³/mol. The van der Waals surface area contributed by atoms with Crippen molar-refractivity contribution in [3.63, 3.8) is 0 Å². The number of rotatable bonds is 10. The van der Waals surface area contributed by atoms with Gasteiger partial charge in [-0.1, -0.05) is 0 Å². The van der Waals surface area contributed by atoms with Crippen LogP contribution in [0.1, 0.15) is 56.2 Å². The number of anilines is 1. The van der Waals surface area contributed by atoms with Gasteiger partial charge in [-0.2, -0.15) is 9.57 Å². The Morgan fingerprint density at radius 3 is 2.42 bits per heavy atom. The third kappa shape index (κ3) is 6.20. The first-order valence-electron chi connectivity index (χ1n) is 17.0. The minimum Gasteiger partial charge on any atom is -0.497 e. The summed E-state index contributed by atoms with van der Waals surface area (Å²) in [6, 6.07) is 13.2. The maximum atomic E-state index is 15.2. The summed E-state index contributed by atoms with van der Waals surface area (Å²) < 4.78 is 47.0. The number of benzene rings is 2. The van der Waals surface area contributed by atoms with Crippen LogP contribution >= 0.6 is 0 Å². The van der Waals surface area contributed by atoms with E-state index in [1.54, 1.807) is 30.9 Å². The van der Waals surface area contributed by atoms with Crippen molar-refractivity contribution in [2.75, 3.05) is 50.8 Å². The third-order valence-corrected chi connectivity index (χ3v) is 11.6. The van der Waals surface area contributed by atoms with E-state index in [9.17, 15) is 18.5 Å². The number of methoxy groups -OCH3 is 1. The molecule has 264 valence electrons. The number of urea groups is 1. The van der Waals surface area contributed by atoms with Crippen LogP contribution in [-0.4, -0.2) is 76.7 Å². The van der Waals surface area contributed by atoms with E-state index in [4.69, 9.17) is 14.2 Å². The second kappa shape index (κ2) is 14.5. The molecule has 1 unspecified atom stereocenters. The minimum absolute atomic E-state index is 0.00983. The molecule has 1 atom stereocenters. The first kappa shape index (κ1) is 35.0. The molecule has 13 nitrogen and oxygen atoms in total. The van der Waals surface area contributed by atoms with E-state index in [1.807, 2.05) is 0 Å². The zero-order valence-electron chi connectivity index (χ0n) is 28.5. The van der Waals surface area contributed by atoms with Gasteiger partial charge in [-0.3, -0.25) is 4.79 Å². The number of nitriles is 1. The molecule has 0 radical (unpaired) electrons. The summed E-state index contributed by atoms with van der Waals surface area (Å²) in [5.74, 6) is 0.511. The lowest BCUT2D eigenvalue weighted by atomic mass is 9.79. The van der Waals surface area contributed by atoms with Gasteiger partial charge in [-0.05, 0) is 107 Å². The zero-order chi connectivity index (χ0) is 35.5. The lowest BCUT2D eigenvalue weighted by Gasteiger charge is -2.39. The summed E-state index contributed by atoms with van der Waals surface area (Å²) in [5.41, 5.74) is -1.75. The molecular weight excluding hydrogens is 660 g/mol. The molecule has 0 aliphatic carbocycles. The van der Waals surface area contributed by atoms with Gasteiger partial charge in [-0.25, -0.2) is 18.2 Å². The number of carbonyl (C=O) groups excluding carboxylic acids is 2. The normalized spacial score (nSPS) is 19.8. The van der Waals surface area contributed by atoms with Gasteiger partial charge in [0.15, 0.2) is 5.54 Å². The molecule has 3 aliphatic heterocycles. The average Bonchev–Trinajstić information content (AvgIpc) is 3.39. The lowest BCUT2D eigenvalue weighted by Crippen LogP contribution is -2.58. The molecule has 1 aromatic heterocycles. The quantitative estimate of drug-likeness (QED) is 0.314. The number of aromatic nitrogens is 1. The van der Waals surface area contributed by atoms with Crippen molar-refractivity contribution in [3.05, 3.63) is 71.4 Å². The van der Waals surface area contributed by atoms with Crippen LogP contribution in [0.3, 0.4) is 0 Å². The van der Waals surface area contributed by atoms with Gasteiger partial charge in [0.05, 0.1) is 43.2 Å². The average molecular weight is 703 g/mol. The standard InChI is InChI=1S/C36H42N6O7S/c1-4-48-31-22-27(47-3)9-11-32(31)50(45,46)42-30-10-8-24(23-37)21-29(30)36(34(42)43,28-7-6-16-39-33(28)49-5-2)40-35(44)41-19-14-26(15-20-41)25-12-17-38-18-13-25/h6-11,16,21-22,25-26,38H,4-5,12-15,17-20H2,1-3H3,(H,40,44). The Morgan fingerprint density at radius 2 is 1.74 bits per heavy atom. The van der Waals surface area contributed by atoms with Gasteiger partial charge in [0, 0.05) is 30.9 Å². The first-order chi connectivity index (χ1) is 24.2. The van der Waals surface area contributed by atoms with E-state index in [-0.39, 0.29) is 52.1 Å². The Labute approximate surface area is 292 Å². The summed E-state index contributed by atoms with van der Waals surface area (Å²) in [4.78, 5) is 35.3. The molecule has 0 spiro atoms. The van der Waals surface area contributed by atoms with Crippen molar-refractivity contribution in [2.45, 2.75) is 50.0 Å². The summed E-state index contributed by atoms with van der Waals surface area (Å²) in [7, 11) is -3.25. The molecule has 4 heterocycles. The molecule has 14 heteroatoms. The van der Waals surface area contributed by atoms with E-state index in [0.29, 0.717) is 35.0 Å². The van der Waals surface area contributed by atoms with Crippen LogP contribution in [0.25, 0.3) is 0 Å². The van der Waals surface area contributed by atoms with Gasteiger partial charge >= 0.3 is 6.03 Å². The molecule has 3 aromatic rings. The minimum atomic E-state index is -4.69. The van der Waals surface area contributed by atoms with Gasteiger partial charge in [0.1, 0.15) is 16.4 Å². The molecular formula is C36H42N6O7S. The molecule has 2 saturated heterocycles. The number of ether oxygens (including phenoxy) is 3. The topological polar surface area (TPSA) is 163 Å². The second-order valence-corrected chi connectivity index (χ2v) is 14.3. The number of sulfonamides is 1. The number of carbonyl (C=O) groups is 2. The predicted octanol–water partition coefficient (Wildman–Crippen LogP) is 4.16. The first-order valence-corrected chi connectivity index (χ1v) is 18.4. The molecule has 0 saturated carbocycles. The van der Waals surface area contributed by atoms with Crippen molar-refractivity contribution in [3.8, 4) is 23.4 Å². The van der Waals surface area contributed by atoms with Crippen molar-refractivity contribution in [1.82, 2.24) is 20.5 Å². The van der Waals surface area contributed by atoms with E-state index < -0.39 is 27.5 Å². The Balaban J connectivity index is 1.48. The number of pyridine rings is 1. The molecule has 6 rings (SSSR count). The van der Waals surface area contributed by atoms with Crippen molar-refractivity contribution >= 4 is 27.6 Å². The largest absolute Gasteiger partial charge is 0.497 e. The van der Waals surface area contributed by atoms with E-state index >= 15 is 4.79 Å². The monoisotopic (exact) mass is 702 g/mol. The summed E-state index contributed by atoms with van der Waals surface area (Å²) in [5, 5.41) is 16.3. The number of amides is 3. The Bertz CT molecular complexity index is 1900. The fraction of sp³-hybridized carbons (Fsp3) is 0.444. The molecule has 2 aromatic carbocycles. The number of hydrogen-bond donors (Lipinski definition) is 2. The highest BCUT2D eigenvalue weighted by Crippen LogP contribution is 2.50. The van der Waals surface area contributed by atoms with Gasteiger partial charge in [0.2, 0.25) is 5.88 Å². The SMILES string of the molecule is CCOc1cc(OC)ccc1S(=O)(=O)N1C(=O)C(NC(=O)N2CCC(C3CCNCC3)CC2)(c2cccnc2OCC)c2cc(C#N)ccc21. The fourth-order valence-electron chi connectivity index (χ4n) is 7.40. The molecule has 2 fully saturated rings. The molecule has 3 amide bonds. The van der Waals surface area contributed by atoms with Crippen LogP contribution < -0.4 is 29.1 Å². The number of piperidine rings is 2. The van der Waals surface area contributed by atoms with Crippen LogP contribution in [0.4, 0.5) is 10.5 Å². The van der Waals surface area contributed by atoms with Crippen LogP contribution in [0, 0.1) is 23.2 Å².